The van der Waals surface area contributed by atoms with Gasteiger partial charge in [-0.05, 0) is 37.6 Å². The molecular weight excluding hydrogens is 255 g/mol. The first-order valence-corrected chi connectivity index (χ1v) is 6.80. The predicted molar refractivity (Wildman–Crippen MR) is 78.1 cm³/mol. The van der Waals surface area contributed by atoms with E-state index in [1.54, 1.807) is 0 Å². The Hall–Kier alpha value is -1.94. The van der Waals surface area contributed by atoms with Crippen molar-refractivity contribution in [2.75, 3.05) is 18.0 Å². The van der Waals surface area contributed by atoms with Crippen LogP contribution in [0.3, 0.4) is 0 Å². The van der Waals surface area contributed by atoms with Crippen LogP contribution in [-0.4, -0.2) is 23.2 Å². The van der Waals surface area contributed by atoms with Gasteiger partial charge in [-0.3, -0.25) is 4.98 Å². The molecule has 2 aromatic rings. The quantitative estimate of drug-likeness (QED) is 0.879. The van der Waals surface area contributed by atoms with Crippen LogP contribution in [0.25, 0.3) is 0 Å². The number of rotatable bonds is 6. The van der Waals surface area contributed by atoms with Gasteiger partial charge in [-0.15, -0.1) is 0 Å². The smallest absolute Gasteiger partial charge is 0.141 e. The molecule has 106 valence electrons. The summed E-state index contributed by atoms with van der Waals surface area (Å²) >= 11 is 0. The molecule has 4 heteroatoms. The second kappa shape index (κ2) is 7.01. The highest BCUT2D eigenvalue weighted by Crippen LogP contribution is 2.18. The van der Waals surface area contributed by atoms with Crippen molar-refractivity contribution in [2.45, 2.75) is 19.4 Å². The number of aromatic nitrogens is 1. The molecule has 0 saturated heterocycles. The summed E-state index contributed by atoms with van der Waals surface area (Å²) in [5, 5.41) is 10.1. The normalized spacial score (nSPS) is 12.2. The Morgan fingerprint density at radius 2 is 1.95 bits per heavy atom. The standard InChI is InChI=1S/C16H19FN2O/c1-2-19(14-6-4-3-5-7-14)11-10-16(20)15-9-8-13(17)12-18-15/h3-9,12,16,20H,2,10-11H2,1H3. The Bertz CT molecular complexity index is 516. The Kier molecular flexibility index (Phi) is 5.07. The maximum atomic E-state index is 12.8. The van der Waals surface area contributed by atoms with Gasteiger partial charge in [-0.25, -0.2) is 4.39 Å². The summed E-state index contributed by atoms with van der Waals surface area (Å²) in [4.78, 5) is 6.10. The zero-order chi connectivity index (χ0) is 14.4. The van der Waals surface area contributed by atoms with Crippen LogP contribution in [0.4, 0.5) is 10.1 Å². The summed E-state index contributed by atoms with van der Waals surface area (Å²) in [6.45, 7) is 3.67. The molecule has 0 aliphatic heterocycles. The van der Waals surface area contributed by atoms with Crippen LogP contribution < -0.4 is 4.90 Å². The first-order valence-electron chi connectivity index (χ1n) is 6.80. The minimum Gasteiger partial charge on any atom is -0.387 e. The van der Waals surface area contributed by atoms with Crippen molar-refractivity contribution >= 4 is 5.69 Å². The summed E-state index contributed by atoms with van der Waals surface area (Å²) < 4.78 is 12.8. The van der Waals surface area contributed by atoms with Crippen molar-refractivity contribution in [1.82, 2.24) is 4.98 Å². The Morgan fingerprint density at radius 1 is 1.20 bits per heavy atom. The van der Waals surface area contributed by atoms with Crippen molar-refractivity contribution in [1.29, 1.82) is 0 Å². The molecule has 0 fully saturated rings. The monoisotopic (exact) mass is 274 g/mol. The summed E-state index contributed by atoms with van der Waals surface area (Å²) in [6, 6.07) is 12.9. The number of anilines is 1. The summed E-state index contributed by atoms with van der Waals surface area (Å²) in [5.74, 6) is -0.388. The number of hydrogen-bond acceptors (Lipinski definition) is 3. The van der Waals surface area contributed by atoms with E-state index in [-0.39, 0.29) is 5.82 Å². The number of para-hydroxylation sites is 1. The molecule has 1 aromatic heterocycles. The second-order valence-corrected chi connectivity index (χ2v) is 4.62. The van der Waals surface area contributed by atoms with Gasteiger partial charge in [0.1, 0.15) is 5.82 Å². The molecule has 1 N–H and O–H groups in total. The number of aliphatic hydroxyl groups is 1. The molecule has 0 radical (unpaired) electrons. The molecule has 1 aromatic carbocycles. The lowest BCUT2D eigenvalue weighted by atomic mass is 10.1. The minimum absolute atomic E-state index is 0.388. The van der Waals surface area contributed by atoms with E-state index in [9.17, 15) is 9.50 Å². The van der Waals surface area contributed by atoms with Gasteiger partial charge >= 0.3 is 0 Å². The Labute approximate surface area is 118 Å². The van der Waals surface area contributed by atoms with E-state index in [1.807, 2.05) is 30.3 Å². The SMILES string of the molecule is CCN(CCC(O)c1ccc(F)cn1)c1ccccc1. The Balaban J connectivity index is 1.94. The first kappa shape index (κ1) is 14.5. The fraction of sp³-hybridized carbons (Fsp3) is 0.312. The molecule has 3 nitrogen and oxygen atoms in total. The number of aliphatic hydroxyl groups excluding tert-OH is 1. The van der Waals surface area contributed by atoms with Crippen LogP contribution in [0.1, 0.15) is 25.1 Å². The molecule has 1 heterocycles. The maximum absolute atomic E-state index is 12.8. The van der Waals surface area contributed by atoms with Crippen LogP contribution in [0.2, 0.25) is 0 Å². The van der Waals surface area contributed by atoms with E-state index < -0.39 is 6.10 Å². The average molecular weight is 274 g/mol. The summed E-state index contributed by atoms with van der Waals surface area (Å²) in [6.07, 6.45) is 1.02. The number of benzene rings is 1. The molecule has 0 aliphatic carbocycles. The lowest BCUT2D eigenvalue weighted by Gasteiger charge is -2.24. The number of nitrogens with zero attached hydrogens (tertiary/aromatic N) is 2. The van der Waals surface area contributed by atoms with Gasteiger partial charge in [0, 0.05) is 18.8 Å². The van der Waals surface area contributed by atoms with Gasteiger partial charge in [0.15, 0.2) is 0 Å². The van der Waals surface area contributed by atoms with Crippen LogP contribution in [0.15, 0.2) is 48.7 Å². The van der Waals surface area contributed by atoms with Gasteiger partial charge in [-0.1, -0.05) is 18.2 Å². The van der Waals surface area contributed by atoms with Gasteiger partial charge in [0.25, 0.3) is 0 Å². The van der Waals surface area contributed by atoms with Crippen LogP contribution >= 0.6 is 0 Å². The molecule has 1 atom stereocenters. The maximum Gasteiger partial charge on any atom is 0.141 e. The van der Waals surface area contributed by atoms with Crippen molar-refractivity contribution in [3.8, 4) is 0 Å². The fourth-order valence-electron chi connectivity index (χ4n) is 2.12. The van der Waals surface area contributed by atoms with E-state index in [0.29, 0.717) is 12.1 Å². The molecule has 0 bridgehead atoms. The Morgan fingerprint density at radius 3 is 2.55 bits per heavy atom. The zero-order valence-corrected chi connectivity index (χ0v) is 11.5. The van der Waals surface area contributed by atoms with Crippen LogP contribution in [-0.2, 0) is 0 Å². The highest BCUT2D eigenvalue weighted by atomic mass is 19.1. The lowest BCUT2D eigenvalue weighted by molar-refractivity contribution is 0.164. The van der Waals surface area contributed by atoms with Crippen molar-refractivity contribution in [3.05, 3.63) is 60.2 Å². The molecule has 1 unspecified atom stereocenters. The molecule has 0 saturated carbocycles. The average Bonchev–Trinajstić information content (AvgIpc) is 2.49. The van der Waals surface area contributed by atoms with E-state index in [4.69, 9.17) is 0 Å². The molecular formula is C16H19FN2O. The van der Waals surface area contributed by atoms with E-state index in [1.165, 1.54) is 12.1 Å². The second-order valence-electron chi connectivity index (χ2n) is 4.62. The summed E-state index contributed by atoms with van der Waals surface area (Å²) in [7, 11) is 0. The fourth-order valence-corrected chi connectivity index (χ4v) is 2.12. The van der Waals surface area contributed by atoms with Gasteiger partial charge in [0.05, 0.1) is 18.0 Å². The van der Waals surface area contributed by atoms with Gasteiger partial charge in [0.2, 0.25) is 0 Å². The van der Waals surface area contributed by atoms with Crippen molar-refractivity contribution in [3.63, 3.8) is 0 Å². The molecule has 0 amide bonds. The molecule has 0 spiro atoms. The summed E-state index contributed by atoms with van der Waals surface area (Å²) in [5.41, 5.74) is 1.64. The van der Waals surface area contributed by atoms with Crippen LogP contribution in [0.5, 0.6) is 0 Å². The van der Waals surface area contributed by atoms with Crippen LogP contribution in [0, 0.1) is 5.82 Å². The third-order valence-corrected chi connectivity index (χ3v) is 3.27. The predicted octanol–water partition coefficient (Wildman–Crippen LogP) is 3.17. The van der Waals surface area contributed by atoms with E-state index in [0.717, 1.165) is 25.0 Å². The number of pyridine rings is 1. The number of hydrogen-bond donors (Lipinski definition) is 1. The zero-order valence-electron chi connectivity index (χ0n) is 11.5. The highest BCUT2D eigenvalue weighted by Gasteiger charge is 2.11. The third kappa shape index (κ3) is 3.78. The highest BCUT2D eigenvalue weighted by molar-refractivity contribution is 5.45. The topological polar surface area (TPSA) is 36.4 Å². The van der Waals surface area contributed by atoms with Gasteiger partial charge < -0.3 is 10.0 Å². The van der Waals surface area contributed by atoms with Gasteiger partial charge in [-0.2, -0.15) is 0 Å². The first-order chi connectivity index (χ1) is 9.70. The molecule has 0 aliphatic rings. The molecule has 20 heavy (non-hydrogen) atoms. The third-order valence-electron chi connectivity index (χ3n) is 3.27. The largest absolute Gasteiger partial charge is 0.387 e. The minimum atomic E-state index is -0.673. The number of halogens is 1. The van der Waals surface area contributed by atoms with E-state index >= 15 is 0 Å². The van der Waals surface area contributed by atoms with Crippen molar-refractivity contribution < 1.29 is 9.50 Å². The lowest BCUT2D eigenvalue weighted by Crippen LogP contribution is -2.25. The molecule has 2 rings (SSSR count). The van der Waals surface area contributed by atoms with E-state index in [2.05, 4.69) is 16.8 Å². The van der Waals surface area contributed by atoms with Crippen molar-refractivity contribution in [2.24, 2.45) is 0 Å².